The average Bonchev–Trinajstić information content (AvgIpc) is 3.24. The summed E-state index contributed by atoms with van der Waals surface area (Å²) in [7, 11) is 0. The van der Waals surface area contributed by atoms with Gasteiger partial charge >= 0.3 is 0 Å². The molecule has 0 unspecified atom stereocenters. The van der Waals surface area contributed by atoms with E-state index in [1.54, 1.807) is 16.0 Å². The molecule has 3 heterocycles. The lowest BCUT2D eigenvalue weighted by atomic mass is 10.1. The van der Waals surface area contributed by atoms with Gasteiger partial charge in [-0.25, -0.2) is 0 Å². The molecule has 0 atom stereocenters. The number of nitrogens with zero attached hydrogens (tertiary/aromatic N) is 3. The number of carbonyl (C=O) groups excluding carboxylic acids is 1. The van der Waals surface area contributed by atoms with Crippen LogP contribution < -0.4 is 0 Å². The summed E-state index contributed by atoms with van der Waals surface area (Å²) in [5, 5.41) is 6.44. The van der Waals surface area contributed by atoms with Crippen LogP contribution in [0.5, 0.6) is 0 Å². The van der Waals surface area contributed by atoms with E-state index in [2.05, 4.69) is 16.5 Å². The molecule has 4 rings (SSSR count). The number of thiophene rings is 1. The van der Waals surface area contributed by atoms with Crippen molar-refractivity contribution < 1.29 is 4.79 Å². The summed E-state index contributed by atoms with van der Waals surface area (Å²) < 4.78 is 1.73. The second-order valence-electron chi connectivity index (χ2n) is 5.73. The minimum Gasteiger partial charge on any atom is -0.336 e. The third-order valence-corrected chi connectivity index (χ3v) is 5.22. The molecule has 4 nitrogen and oxygen atoms in total. The summed E-state index contributed by atoms with van der Waals surface area (Å²) in [5.41, 5.74) is 3.45. The molecule has 0 aliphatic carbocycles. The van der Waals surface area contributed by atoms with Crippen LogP contribution in [0.25, 0.3) is 11.1 Å². The normalized spacial score (nSPS) is 13.8. The summed E-state index contributed by atoms with van der Waals surface area (Å²) in [5.74, 6) is 0.129. The minimum atomic E-state index is 0.129. The monoisotopic (exact) mass is 323 g/mol. The second kappa shape index (κ2) is 6.01. The first-order valence-electron chi connectivity index (χ1n) is 7.70. The zero-order valence-corrected chi connectivity index (χ0v) is 13.5. The van der Waals surface area contributed by atoms with E-state index < -0.39 is 0 Å². The number of amides is 1. The average molecular weight is 323 g/mol. The van der Waals surface area contributed by atoms with Gasteiger partial charge in [-0.2, -0.15) is 5.10 Å². The van der Waals surface area contributed by atoms with Crippen molar-refractivity contribution in [1.29, 1.82) is 0 Å². The molecule has 0 saturated heterocycles. The molecule has 1 amide bonds. The smallest absolute Gasteiger partial charge is 0.244 e. The van der Waals surface area contributed by atoms with Gasteiger partial charge in [-0.15, -0.1) is 11.3 Å². The zero-order valence-electron chi connectivity index (χ0n) is 12.7. The Morgan fingerprint density at radius 3 is 2.91 bits per heavy atom. The van der Waals surface area contributed by atoms with Crippen LogP contribution in [0.15, 0.2) is 54.2 Å². The van der Waals surface area contributed by atoms with Crippen LogP contribution in [-0.4, -0.2) is 27.1 Å². The van der Waals surface area contributed by atoms with Gasteiger partial charge in [-0.3, -0.25) is 9.48 Å². The number of rotatable bonds is 3. The van der Waals surface area contributed by atoms with E-state index in [0.29, 0.717) is 6.54 Å². The number of fused-ring (bicyclic) bond motifs is 1. The maximum atomic E-state index is 12.5. The fraction of sp³-hybridized carbons (Fsp3) is 0.222. The van der Waals surface area contributed by atoms with Crippen molar-refractivity contribution >= 4 is 17.2 Å². The Morgan fingerprint density at radius 2 is 2.04 bits per heavy atom. The molecule has 5 heteroatoms. The third-order valence-electron chi connectivity index (χ3n) is 4.20. The second-order valence-corrected chi connectivity index (χ2v) is 6.73. The lowest BCUT2D eigenvalue weighted by Crippen LogP contribution is -2.37. The fourth-order valence-corrected chi connectivity index (χ4v) is 3.82. The summed E-state index contributed by atoms with van der Waals surface area (Å²) in [4.78, 5) is 15.9. The van der Waals surface area contributed by atoms with Gasteiger partial charge in [0.25, 0.3) is 0 Å². The Bertz CT molecular complexity index is 822. The largest absolute Gasteiger partial charge is 0.336 e. The van der Waals surface area contributed by atoms with Gasteiger partial charge in [0.05, 0.1) is 6.20 Å². The molecule has 0 saturated carbocycles. The van der Waals surface area contributed by atoms with Crippen LogP contribution in [0.2, 0.25) is 0 Å². The fourth-order valence-electron chi connectivity index (χ4n) is 2.93. The Hall–Kier alpha value is -2.40. The summed E-state index contributed by atoms with van der Waals surface area (Å²) in [6.45, 7) is 1.83. The minimum absolute atomic E-state index is 0.129. The first-order chi connectivity index (χ1) is 11.3. The highest BCUT2D eigenvalue weighted by Gasteiger charge is 2.21. The van der Waals surface area contributed by atoms with Crippen LogP contribution in [0.4, 0.5) is 0 Å². The summed E-state index contributed by atoms with van der Waals surface area (Å²) in [6, 6.07) is 12.2. The number of benzene rings is 1. The topological polar surface area (TPSA) is 38.1 Å². The van der Waals surface area contributed by atoms with Crippen LogP contribution >= 0.6 is 11.3 Å². The van der Waals surface area contributed by atoms with E-state index in [1.807, 2.05) is 47.6 Å². The Balaban J connectivity index is 1.45. The molecule has 2 aromatic heterocycles. The predicted molar refractivity (Wildman–Crippen MR) is 91.1 cm³/mol. The maximum Gasteiger partial charge on any atom is 0.244 e. The van der Waals surface area contributed by atoms with Crippen LogP contribution in [0, 0.1) is 0 Å². The van der Waals surface area contributed by atoms with Crippen molar-refractivity contribution in [2.75, 3.05) is 6.54 Å². The Labute approximate surface area is 139 Å². The van der Waals surface area contributed by atoms with Gasteiger partial charge in [0.15, 0.2) is 0 Å². The highest BCUT2D eigenvalue weighted by Crippen LogP contribution is 2.24. The molecule has 0 spiro atoms. The molecule has 116 valence electrons. The van der Waals surface area contributed by atoms with Crippen molar-refractivity contribution in [2.45, 2.75) is 19.5 Å². The predicted octanol–water partition coefficient (Wildman–Crippen LogP) is 3.20. The molecule has 0 radical (unpaired) electrons. The van der Waals surface area contributed by atoms with Crippen LogP contribution in [0.1, 0.15) is 10.4 Å². The van der Waals surface area contributed by atoms with Gasteiger partial charge in [0.2, 0.25) is 5.91 Å². The molecule has 1 aliphatic heterocycles. The lowest BCUT2D eigenvalue weighted by molar-refractivity contribution is -0.132. The van der Waals surface area contributed by atoms with Crippen molar-refractivity contribution in [3.8, 4) is 11.1 Å². The van der Waals surface area contributed by atoms with Gasteiger partial charge in [-0.05, 0) is 29.0 Å². The van der Waals surface area contributed by atoms with E-state index in [1.165, 1.54) is 10.4 Å². The lowest BCUT2D eigenvalue weighted by Gasteiger charge is -2.27. The molecule has 1 aromatic carbocycles. The molecule has 0 N–H and O–H groups in total. The number of carbonyl (C=O) groups is 1. The van der Waals surface area contributed by atoms with Crippen LogP contribution in [-0.2, 0) is 24.3 Å². The van der Waals surface area contributed by atoms with Crippen LogP contribution in [0.3, 0.4) is 0 Å². The first kappa shape index (κ1) is 14.2. The van der Waals surface area contributed by atoms with Crippen molar-refractivity contribution in [1.82, 2.24) is 14.7 Å². The SMILES string of the molecule is O=C(Cn1cc(-c2ccccc2)cn1)N1CCc2sccc2C1. The number of aromatic nitrogens is 2. The third kappa shape index (κ3) is 2.92. The standard InChI is InChI=1S/C18H17N3OS/c22-18(20-8-6-17-15(11-20)7-9-23-17)13-21-12-16(10-19-21)14-4-2-1-3-5-14/h1-5,7,9-10,12H,6,8,11,13H2. The summed E-state index contributed by atoms with van der Waals surface area (Å²) in [6.07, 6.45) is 4.72. The number of hydrogen-bond donors (Lipinski definition) is 0. The molecule has 23 heavy (non-hydrogen) atoms. The molecule has 0 fully saturated rings. The van der Waals surface area contributed by atoms with E-state index >= 15 is 0 Å². The molecule has 0 bridgehead atoms. The van der Waals surface area contributed by atoms with Gasteiger partial charge < -0.3 is 4.90 Å². The molecule has 3 aromatic rings. The van der Waals surface area contributed by atoms with Crippen molar-refractivity contribution in [2.24, 2.45) is 0 Å². The molecule has 1 aliphatic rings. The highest BCUT2D eigenvalue weighted by molar-refractivity contribution is 7.10. The van der Waals surface area contributed by atoms with Crippen molar-refractivity contribution in [3.63, 3.8) is 0 Å². The first-order valence-corrected chi connectivity index (χ1v) is 8.58. The Morgan fingerprint density at radius 1 is 1.17 bits per heavy atom. The van der Waals surface area contributed by atoms with Crippen molar-refractivity contribution in [3.05, 3.63) is 64.6 Å². The zero-order chi connectivity index (χ0) is 15.6. The highest BCUT2D eigenvalue weighted by atomic mass is 32.1. The Kier molecular flexibility index (Phi) is 3.71. The van der Waals surface area contributed by atoms with Gasteiger partial charge in [0.1, 0.15) is 6.54 Å². The molecular formula is C18H17N3OS. The number of hydrogen-bond acceptors (Lipinski definition) is 3. The molecular weight excluding hydrogens is 306 g/mol. The van der Waals surface area contributed by atoms with E-state index in [9.17, 15) is 4.79 Å². The van der Waals surface area contributed by atoms with Gasteiger partial charge in [0, 0.05) is 29.7 Å². The van der Waals surface area contributed by atoms with Gasteiger partial charge in [-0.1, -0.05) is 30.3 Å². The summed E-state index contributed by atoms with van der Waals surface area (Å²) >= 11 is 1.79. The van der Waals surface area contributed by atoms with E-state index in [-0.39, 0.29) is 5.91 Å². The quantitative estimate of drug-likeness (QED) is 0.742. The van der Waals surface area contributed by atoms with E-state index in [4.69, 9.17) is 0 Å². The van der Waals surface area contributed by atoms with E-state index in [0.717, 1.165) is 30.6 Å². The maximum absolute atomic E-state index is 12.5.